The summed E-state index contributed by atoms with van der Waals surface area (Å²) in [4.78, 5) is 4.44. The quantitative estimate of drug-likeness (QED) is 0.577. The second kappa shape index (κ2) is 4.78. The minimum Gasteiger partial charge on any atom is -0.291 e. The van der Waals surface area contributed by atoms with E-state index in [4.69, 9.17) is 0 Å². The van der Waals surface area contributed by atoms with Crippen LogP contribution in [0.5, 0.6) is 0 Å². The molecule has 0 fully saturated rings. The van der Waals surface area contributed by atoms with Crippen molar-refractivity contribution in [3.8, 4) is 0 Å². The van der Waals surface area contributed by atoms with Crippen molar-refractivity contribution in [3.63, 3.8) is 0 Å². The van der Waals surface area contributed by atoms with Crippen LogP contribution in [-0.2, 0) is 0 Å². The molecular weight excluding hydrogens is 142 g/mol. The number of nitrogens with zero attached hydrogens (tertiary/aromatic N) is 1. The Bertz CT molecular complexity index is 118. The molecule has 0 aromatic heterocycles. The first-order chi connectivity index (χ1) is 4.57. The molecule has 2 heteroatoms. The van der Waals surface area contributed by atoms with E-state index in [0.29, 0.717) is 11.3 Å². The second-order valence-electron chi connectivity index (χ2n) is 2.74. The maximum atomic E-state index is 4.44. The molecule has 0 aromatic carbocycles. The van der Waals surface area contributed by atoms with E-state index < -0.39 is 0 Å². The van der Waals surface area contributed by atoms with Gasteiger partial charge in [0.15, 0.2) is 0 Å². The predicted octanol–water partition coefficient (Wildman–Crippen LogP) is 2.61. The first kappa shape index (κ1) is 10.0. The lowest BCUT2D eigenvalue weighted by atomic mass is 10.3. The van der Waals surface area contributed by atoms with Crippen LogP contribution in [0, 0.1) is 0 Å². The molecule has 0 aliphatic rings. The molecule has 0 spiro atoms. The number of hydrogen-bond acceptors (Lipinski definition) is 2. The number of thioether (sulfide) groups is 1. The van der Waals surface area contributed by atoms with Gasteiger partial charge in [-0.25, -0.2) is 0 Å². The van der Waals surface area contributed by atoms with Crippen molar-refractivity contribution in [2.75, 3.05) is 6.26 Å². The summed E-state index contributed by atoms with van der Waals surface area (Å²) in [6, 6.07) is 0.439. The Balaban J connectivity index is 3.91. The van der Waals surface area contributed by atoms with Gasteiger partial charge in [0.25, 0.3) is 0 Å². The van der Waals surface area contributed by atoms with Gasteiger partial charge in [-0.3, -0.25) is 4.99 Å². The Hall–Kier alpha value is 0.0200. The Labute approximate surface area is 68.3 Å². The van der Waals surface area contributed by atoms with Gasteiger partial charge in [0.2, 0.25) is 0 Å². The van der Waals surface area contributed by atoms with Gasteiger partial charge >= 0.3 is 0 Å². The molecule has 0 aliphatic heterocycles. The normalized spacial score (nSPS) is 16.0. The third kappa shape index (κ3) is 3.94. The highest BCUT2D eigenvalue weighted by Crippen LogP contribution is 2.07. The fourth-order valence-corrected chi connectivity index (χ4v) is 1.08. The monoisotopic (exact) mass is 159 g/mol. The van der Waals surface area contributed by atoms with Gasteiger partial charge < -0.3 is 0 Å². The maximum Gasteiger partial charge on any atom is 0.0443 e. The van der Waals surface area contributed by atoms with Crippen molar-refractivity contribution in [1.29, 1.82) is 0 Å². The lowest BCUT2D eigenvalue weighted by molar-refractivity contribution is 0.830. The lowest BCUT2D eigenvalue weighted by Gasteiger charge is -2.08. The van der Waals surface area contributed by atoms with Gasteiger partial charge in [-0.1, -0.05) is 0 Å². The zero-order valence-corrected chi connectivity index (χ0v) is 8.33. The first-order valence-corrected chi connectivity index (χ1v) is 4.93. The molecule has 0 N–H and O–H groups in total. The largest absolute Gasteiger partial charge is 0.291 e. The van der Waals surface area contributed by atoms with Gasteiger partial charge in [-0.2, -0.15) is 11.8 Å². The van der Waals surface area contributed by atoms with Gasteiger partial charge in [0, 0.05) is 17.0 Å². The molecular formula is C8H17NS. The third-order valence-corrected chi connectivity index (χ3v) is 2.45. The minimum atomic E-state index is 0.439. The van der Waals surface area contributed by atoms with E-state index in [9.17, 15) is 0 Å². The summed E-state index contributed by atoms with van der Waals surface area (Å²) in [5.41, 5.74) is 1.25. The highest BCUT2D eigenvalue weighted by Gasteiger charge is 2.02. The summed E-state index contributed by atoms with van der Waals surface area (Å²) in [6.07, 6.45) is 2.12. The summed E-state index contributed by atoms with van der Waals surface area (Å²) in [6.45, 7) is 8.50. The van der Waals surface area contributed by atoms with Crippen LogP contribution in [-0.4, -0.2) is 23.3 Å². The van der Waals surface area contributed by atoms with Crippen molar-refractivity contribution in [2.45, 2.75) is 39.0 Å². The zero-order chi connectivity index (χ0) is 8.15. The number of aliphatic imine (C=N–C) groups is 1. The van der Waals surface area contributed by atoms with Crippen molar-refractivity contribution in [2.24, 2.45) is 4.99 Å². The molecule has 10 heavy (non-hydrogen) atoms. The van der Waals surface area contributed by atoms with Gasteiger partial charge in [0.05, 0.1) is 0 Å². The third-order valence-electron chi connectivity index (χ3n) is 1.40. The lowest BCUT2D eigenvalue weighted by Crippen LogP contribution is -2.10. The second-order valence-corrected chi connectivity index (χ2v) is 3.92. The van der Waals surface area contributed by atoms with E-state index in [1.165, 1.54) is 5.71 Å². The van der Waals surface area contributed by atoms with Crippen LogP contribution in [0.4, 0.5) is 0 Å². The molecule has 0 aliphatic carbocycles. The summed E-state index contributed by atoms with van der Waals surface area (Å²) < 4.78 is 0. The fraction of sp³-hybridized carbons (Fsp3) is 0.875. The van der Waals surface area contributed by atoms with Crippen LogP contribution in [0.3, 0.4) is 0 Å². The maximum absolute atomic E-state index is 4.44. The average Bonchev–Trinajstić information content (AvgIpc) is 1.85. The molecule has 0 rings (SSSR count). The van der Waals surface area contributed by atoms with Crippen LogP contribution in [0.2, 0.25) is 0 Å². The topological polar surface area (TPSA) is 12.4 Å². The van der Waals surface area contributed by atoms with Crippen molar-refractivity contribution in [3.05, 3.63) is 0 Å². The van der Waals surface area contributed by atoms with E-state index in [1.54, 1.807) is 0 Å². The van der Waals surface area contributed by atoms with E-state index in [1.807, 2.05) is 11.8 Å². The molecule has 0 saturated carbocycles. The smallest absolute Gasteiger partial charge is 0.0443 e. The highest BCUT2D eigenvalue weighted by atomic mass is 32.2. The molecule has 0 aromatic rings. The molecule has 0 amide bonds. The first-order valence-electron chi connectivity index (χ1n) is 3.65. The van der Waals surface area contributed by atoms with Gasteiger partial charge in [-0.15, -0.1) is 0 Å². The van der Waals surface area contributed by atoms with E-state index in [0.717, 1.165) is 0 Å². The van der Waals surface area contributed by atoms with Crippen LogP contribution in [0.25, 0.3) is 0 Å². The number of hydrogen-bond donors (Lipinski definition) is 0. The summed E-state index contributed by atoms with van der Waals surface area (Å²) in [5.74, 6) is 0. The Morgan fingerprint density at radius 1 is 1.30 bits per heavy atom. The Morgan fingerprint density at radius 3 is 2.10 bits per heavy atom. The van der Waals surface area contributed by atoms with Crippen molar-refractivity contribution >= 4 is 17.5 Å². The Kier molecular flexibility index (Phi) is 4.79. The molecule has 0 saturated heterocycles. The van der Waals surface area contributed by atoms with Gasteiger partial charge in [-0.05, 0) is 34.0 Å². The molecule has 0 heterocycles. The average molecular weight is 159 g/mol. The summed E-state index contributed by atoms with van der Waals surface area (Å²) >= 11 is 1.84. The molecule has 1 unspecified atom stereocenters. The Morgan fingerprint density at radius 2 is 1.80 bits per heavy atom. The fourth-order valence-electron chi connectivity index (χ4n) is 0.683. The standard InChI is InChI=1S/C8H17NS/c1-6(2)9-7(3)8(4)10-5/h6,8H,1-5H3. The van der Waals surface area contributed by atoms with E-state index >= 15 is 0 Å². The number of rotatable bonds is 3. The van der Waals surface area contributed by atoms with Crippen molar-refractivity contribution in [1.82, 2.24) is 0 Å². The highest BCUT2D eigenvalue weighted by molar-refractivity contribution is 7.99. The molecule has 60 valence electrons. The van der Waals surface area contributed by atoms with E-state index in [-0.39, 0.29) is 0 Å². The summed E-state index contributed by atoms with van der Waals surface area (Å²) in [5, 5.41) is 0.572. The zero-order valence-electron chi connectivity index (χ0n) is 7.51. The molecule has 0 radical (unpaired) electrons. The molecule has 1 atom stereocenters. The van der Waals surface area contributed by atoms with Crippen LogP contribution in [0.1, 0.15) is 27.7 Å². The van der Waals surface area contributed by atoms with Crippen LogP contribution >= 0.6 is 11.8 Å². The molecule has 1 nitrogen and oxygen atoms in total. The predicted molar refractivity (Wildman–Crippen MR) is 51.2 cm³/mol. The minimum absolute atomic E-state index is 0.439. The SMILES string of the molecule is CSC(C)C(C)=NC(C)C. The van der Waals surface area contributed by atoms with E-state index in [2.05, 4.69) is 38.9 Å². The van der Waals surface area contributed by atoms with Crippen LogP contribution < -0.4 is 0 Å². The van der Waals surface area contributed by atoms with Gasteiger partial charge in [0.1, 0.15) is 0 Å². The van der Waals surface area contributed by atoms with Crippen molar-refractivity contribution < 1.29 is 0 Å². The molecule has 0 bridgehead atoms. The summed E-state index contributed by atoms with van der Waals surface area (Å²) in [7, 11) is 0. The van der Waals surface area contributed by atoms with Crippen LogP contribution in [0.15, 0.2) is 4.99 Å².